The van der Waals surface area contributed by atoms with Gasteiger partial charge in [-0.3, -0.25) is 4.79 Å². The second kappa shape index (κ2) is 8.52. The van der Waals surface area contributed by atoms with E-state index < -0.39 is 11.7 Å². The zero-order chi connectivity index (χ0) is 23.0. The predicted molar refractivity (Wildman–Crippen MR) is 121 cm³/mol. The van der Waals surface area contributed by atoms with Crippen LogP contribution < -0.4 is 5.32 Å². The number of aryl methyl sites for hydroxylation is 2. The number of aliphatic imine (C=N–C) groups is 1. The van der Waals surface area contributed by atoms with Crippen LogP contribution in [-0.4, -0.2) is 11.1 Å². The zero-order valence-electron chi connectivity index (χ0n) is 16.9. The maximum absolute atomic E-state index is 13.1. The zero-order valence-corrected chi connectivity index (χ0v) is 18.5. The lowest BCUT2D eigenvalue weighted by atomic mass is 10.1. The first-order valence-corrected chi connectivity index (χ1v) is 10.6. The number of alkyl halides is 3. The molecule has 164 valence electrons. The van der Waals surface area contributed by atoms with E-state index in [2.05, 4.69) is 10.3 Å². The average Bonchev–Trinajstić information content (AvgIpc) is 3.31. The third kappa shape index (κ3) is 4.76. The number of amidine groups is 1. The Morgan fingerprint density at radius 3 is 2.56 bits per heavy atom. The maximum Gasteiger partial charge on any atom is 0.416 e. The molecule has 0 bridgehead atoms. The lowest BCUT2D eigenvalue weighted by molar-refractivity contribution is -0.137. The summed E-state index contributed by atoms with van der Waals surface area (Å²) < 4.78 is 44.9. The van der Waals surface area contributed by atoms with Crippen molar-refractivity contribution in [2.24, 2.45) is 4.99 Å². The fourth-order valence-corrected chi connectivity index (χ4v) is 3.96. The van der Waals surface area contributed by atoms with Gasteiger partial charge in [0.2, 0.25) is 0 Å². The first-order valence-electron chi connectivity index (χ1n) is 9.44. The number of thioether (sulfide) groups is 1. The fourth-order valence-electron chi connectivity index (χ4n) is 3.03. The second-order valence-corrected chi connectivity index (χ2v) is 8.57. The number of carbonyl (C=O) groups is 1. The molecule has 0 radical (unpaired) electrons. The number of benzene rings is 2. The first-order chi connectivity index (χ1) is 15.1. The Labute approximate surface area is 191 Å². The lowest BCUT2D eigenvalue weighted by Gasteiger charge is -2.09. The summed E-state index contributed by atoms with van der Waals surface area (Å²) in [5, 5.41) is 2.55. The number of halogens is 4. The van der Waals surface area contributed by atoms with Crippen molar-refractivity contribution in [3.8, 4) is 11.3 Å². The van der Waals surface area contributed by atoms with Gasteiger partial charge in [0.05, 0.1) is 21.2 Å². The minimum absolute atomic E-state index is 0.128. The third-order valence-electron chi connectivity index (χ3n) is 4.85. The molecule has 1 saturated heterocycles. The van der Waals surface area contributed by atoms with Gasteiger partial charge >= 0.3 is 6.18 Å². The molecule has 1 fully saturated rings. The molecule has 4 rings (SSSR count). The number of rotatable bonds is 3. The van der Waals surface area contributed by atoms with Crippen molar-refractivity contribution in [2.75, 3.05) is 0 Å². The highest BCUT2D eigenvalue weighted by atomic mass is 35.5. The molecule has 2 heterocycles. The Morgan fingerprint density at radius 2 is 1.84 bits per heavy atom. The van der Waals surface area contributed by atoms with Crippen molar-refractivity contribution in [2.45, 2.75) is 20.0 Å². The van der Waals surface area contributed by atoms with Gasteiger partial charge in [0.1, 0.15) is 17.4 Å². The largest absolute Gasteiger partial charge is 0.457 e. The van der Waals surface area contributed by atoms with Gasteiger partial charge in [0.15, 0.2) is 0 Å². The molecule has 4 nitrogen and oxygen atoms in total. The van der Waals surface area contributed by atoms with E-state index in [-0.39, 0.29) is 21.6 Å². The highest BCUT2D eigenvalue weighted by Gasteiger charge is 2.31. The molecule has 32 heavy (non-hydrogen) atoms. The molecule has 1 amide bonds. The third-order valence-corrected chi connectivity index (χ3v) is 6.00. The standard InChI is InChI=1S/C23H16ClF3N2O2S/c1-12-3-5-15(9-13(12)2)28-21-20(32-22(30)29-21)11-16-6-8-19(31-16)17-10-14(23(25,26)27)4-7-18(17)24/h3-11H,1-2H3,(H,28,29,30)/b20-11-. The van der Waals surface area contributed by atoms with Crippen molar-refractivity contribution < 1.29 is 22.4 Å². The molecule has 0 unspecified atom stereocenters. The van der Waals surface area contributed by atoms with Crippen molar-refractivity contribution in [3.63, 3.8) is 0 Å². The number of carbonyl (C=O) groups excluding carboxylic acids is 1. The van der Waals surface area contributed by atoms with Crippen molar-refractivity contribution in [1.82, 2.24) is 5.32 Å². The smallest absolute Gasteiger partial charge is 0.416 e. The Balaban J connectivity index is 1.67. The van der Waals surface area contributed by atoms with Crippen LogP contribution >= 0.6 is 23.4 Å². The number of hydrogen-bond acceptors (Lipinski definition) is 4. The van der Waals surface area contributed by atoms with E-state index in [1.54, 1.807) is 12.1 Å². The van der Waals surface area contributed by atoms with Gasteiger partial charge in [-0.15, -0.1) is 0 Å². The summed E-state index contributed by atoms with van der Waals surface area (Å²) in [5.74, 6) is 0.904. The number of nitrogens with one attached hydrogen (secondary N) is 1. The first kappa shape index (κ1) is 22.2. The highest BCUT2D eigenvalue weighted by molar-refractivity contribution is 8.18. The summed E-state index contributed by atoms with van der Waals surface area (Å²) in [6, 6.07) is 11.9. The van der Waals surface area contributed by atoms with Crippen molar-refractivity contribution >= 4 is 46.2 Å². The minimum Gasteiger partial charge on any atom is -0.457 e. The van der Waals surface area contributed by atoms with Gasteiger partial charge < -0.3 is 9.73 Å². The molecule has 1 N–H and O–H groups in total. The molecule has 1 aliphatic rings. The molecule has 1 aliphatic heterocycles. The molecule has 1 aromatic heterocycles. The molecular formula is C23H16ClF3N2O2S. The van der Waals surface area contributed by atoms with Gasteiger partial charge in [0, 0.05) is 5.56 Å². The van der Waals surface area contributed by atoms with Gasteiger partial charge in [0.25, 0.3) is 5.24 Å². The fraction of sp³-hybridized carbons (Fsp3) is 0.130. The van der Waals surface area contributed by atoms with Crippen LogP contribution in [0, 0.1) is 13.8 Å². The quantitative estimate of drug-likeness (QED) is 0.420. The topological polar surface area (TPSA) is 54.6 Å². The number of amides is 1. The van der Waals surface area contributed by atoms with E-state index in [4.69, 9.17) is 16.0 Å². The Kier molecular flexibility index (Phi) is 5.92. The van der Waals surface area contributed by atoms with Crippen LogP contribution in [0.3, 0.4) is 0 Å². The van der Waals surface area contributed by atoms with Crippen LogP contribution in [-0.2, 0) is 6.18 Å². The molecule has 0 aliphatic carbocycles. The van der Waals surface area contributed by atoms with E-state index in [1.807, 2.05) is 32.0 Å². The summed E-state index contributed by atoms with van der Waals surface area (Å²) in [7, 11) is 0. The highest BCUT2D eigenvalue weighted by Crippen LogP contribution is 2.37. The van der Waals surface area contributed by atoms with Crippen LogP contribution in [0.4, 0.5) is 23.7 Å². The number of furan rings is 1. The van der Waals surface area contributed by atoms with Gasteiger partial charge in [-0.1, -0.05) is 17.7 Å². The number of hydrogen-bond donors (Lipinski definition) is 1. The van der Waals surface area contributed by atoms with Gasteiger partial charge in [-0.2, -0.15) is 13.2 Å². The Hall–Kier alpha value is -2.97. The minimum atomic E-state index is -4.50. The van der Waals surface area contributed by atoms with E-state index in [9.17, 15) is 18.0 Å². The SMILES string of the molecule is Cc1ccc(N=C2NC(=O)S/C2=C\c2ccc(-c3cc(C(F)(F)F)ccc3Cl)o2)cc1C. The molecule has 2 aromatic carbocycles. The van der Waals surface area contributed by atoms with Crippen LogP contribution in [0.1, 0.15) is 22.5 Å². The Bertz CT molecular complexity index is 1280. The maximum atomic E-state index is 13.1. The molecule has 9 heteroatoms. The summed E-state index contributed by atoms with van der Waals surface area (Å²) in [5.41, 5.74) is 2.20. The van der Waals surface area contributed by atoms with Crippen LogP contribution in [0.2, 0.25) is 5.02 Å². The summed E-state index contributed by atoms with van der Waals surface area (Å²) in [6.07, 6.45) is -2.89. The van der Waals surface area contributed by atoms with Gasteiger partial charge in [-0.25, -0.2) is 4.99 Å². The van der Waals surface area contributed by atoms with Crippen LogP contribution in [0.15, 0.2) is 62.8 Å². The molecule has 0 saturated carbocycles. The average molecular weight is 477 g/mol. The summed E-state index contributed by atoms with van der Waals surface area (Å²) in [4.78, 5) is 17.0. The summed E-state index contributed by atoms with van der Waals surface area (Å²) >= 11 is 7.05. The van der Waals surface area contributed by atoms with E-state index in [1.165, 1.54) is 12.1 Å². The normalized spacial score (nSPS) is 16.8. The van der Waals surface area contributed by atoms with Crippen molar-refractivity contribution in [1.29, 1.82) is 0 Å². The second-order valence-electron chi connectivity index (χ2n) is 7.15. The lowest BCUT2D eigenvalue weighted by Crippen LogP contribution is -2.18. The molecule has 0 spiro atoms. The van der Waals surface area contributed by atoms with Crippen LogP contribution in [0.25, 0.3) is 17.4 Å². The monoisotopic (exact) mass is 476 g/mol. The molecule has 3 aromatic rings. The summed E-state index contributed by atoms with van der Waals surface area (Å²) in [6.45, 7) is 3.97. The van der Waals surface area contributed by atoms with E-state index in [0.717, 1.165) is 35.0 Å². The predicted octanol–water partition coefficient (Wildman–Crippen LogP) is 7.76. The van der Waals surface area contributed by atoms with E-state index in [0.29, 0.717) is 22.2 Å². The molecular weight excluding hydrogens is 461 g/mol. The number of nitrogens with zero attached hydrogens (tertiary/aromatic N) is 1. The Morgan fingerprint density at radius 1 is 1.06 bits per heavy atom. The van der Waals surface area contributed by atoms with Crippen LogP contribution in [0.5, 0.6) is 0 Å². The van der Waals surface area contributed by atoms with Gasteiger partial charge in [-0.05, 0) is 85.3 Å². The van der Waals surface area contributed by atoms with E-state index >= 15 is 0 Å². The van der Waals surface area contributed by atoms with Crippen molar-refractivity contribution in [3.05, 3.63) is 80.9 Å². The molecule has 0 atom stereocenters.